The summed E-state index contributed by atoms with van der Waals surface area (Å²) in [4.78, 5) is 0. The molecule has 1 aliphatic rings. The number of hydrogen-bond donors (Lipinski definition) is 0. The molecule has 0 aliphatic heterocycles. The Bertz CT molecular complexity index is 120. The first kappa shape index (κ1) is 10.1. The molecule has 1 rings (SSSR count). The number of hydrogen-bond acceptors (Lipinski definition) is 0. The summed E-state index contributed by atoms with van der Waals surface area (Å²) in [5, 5.41) is 0. The molecule has 1 unspecified atom stereocenters. The van der Waals surface area contributed by atoms with E-state index in [1.165, 1.54) is 25.7 Å². The van der Waals surface area contributed by atoms with E-state index in [4.69, 9.17) is 0 Å². The van der Waals surface area contributed by atoms with E-state index in [2.05, 4.69) is 27.7 Å². The molecule has 0 N–H and O–H groups in total. The minimum atomic E-state index is 0.887. The van der Waals surface area contributed by atoms with Gasteiger partial charge in [0.2, 0.25) is 0 Å². The predicted octanol–water partition coefficient (Wildman–Crippen LogP) is 4.10. The minimum Gasteiger partial charge on any atom is -0.0628 e. The zero-order chi connectivity index (χ0) is 9.14. The van der Waals surface area contributed by atoms with Crippen molar-refractivity contribution < 1.29 is 0 Å². The van der Waals surface area contributed by atoms with Gasteiger partial charge in [-0.2, -0.15) is 0 Å². The van der Waals surface area contributed by atoms with Gasteiger partial charge in [-0.25, -0.2) is 0 Å². The molecule has 12 heavy (non-hydrogen) atoms. The van der Waals surface area contributed by atoms with Gasteiger partial charge in [-0.3, -0.25) is 0 Å². The maximum atomic E-state index is 2.39. The Morgan fingerprint density at radius 3 is 1.92 bits per heavy atom. The summed E-state index contributed by atoms with van der Waals surface area (Å²) in [6.45, 7) is 9.50. The van der Waals surface area contributed by atoms with Gasteiger partial charge < -0.3 is 0 Å². The maximum Gasteiger partial charge on any atom is -0.0360 e. The Labute approximate surface area is 77.7 Å². The second kappa shape index (κ2) is 4.30. The molecule has 0 heterocycles. The first-order chi connectivity index (χ1) is 5.61. The Balaban J connectivity index is 2.37. The lowest BCUT2D eigenvalue weighted by atomic mass is 9.69. The third kappa shape index (κ3) is 2.50. The van der Waals surface area contributed by atoms with Crippen LogP contribution in [0.3, 0.4) is 0 Å². The molecule has 0 aromatic heterocycles. The first-order valence-corrected chi connectivity index (χ1v) is 5.61. The van der Waals surface area contributed by atoms with E-state index in [0.717, 1.165) is 23.7 Å². The van der Waals surface area contributed by atoms with Crippen LogP contribution in [0.5, 0.6) is 0 Å². The van der Waals surface area contributed by atoms with E-state index in [1.54, 1.807) is 0 Å². The van der Waals surface area contributed by atoms with Gasteiger partial charge in [0.1, 0.15) is 0 Å². The van der Waals surface area contributed by atoms with Crippen molar-refractivity contribution in [3.63, 3.8) is 0 Å². The normalized spacial score (nSPS) is 21.5. The van der Waals surface area contributed by atoms with Gasteiger partial charge in [0, 0.05) is 0 Å². The van der Waals surface area contributed by atoms with Crippen molar-refractivity contribution in [2.24, 2.45) is 23.7 Å². The van der Waals surface area contributed by atoms with Crippen molar-refractivity contribution in [1.82, 2.24) is 0 Å². The van der Waals surface area contributed by atoms with E-state index in [0.29, 0.717) is 0 Å². The Kier molecular flexibility index (Phi) is 3.61. The van der Waals surface area contributed by atoms with Crippen molar-refractivity contribution in [3.05, 3.63) is 0 Å². The van der Waals surface area contributed by atoms with Crippen LogP contribution in [0.15, 0.2) is 0 Å². The SMILES string of the molecule is CC(C)CC(C(C)C)C1CCC1. The maximum absolute atomic E-state index is 2.39. The molecule has 1 saturated carbocycles. The quantitative estimate of drug-likeness (QED) is 0.592. The molecule has 0 bridgehead atoms. The largest absolute Gasteiger partial charge is 0.0628 e. The lowest BCUT2D eigenvalue weighted by Gasteiger charge is -2.37. The third-order valence-corrected chi connectivity index (χ3v) is 3.36. The monoisotopic (exact) mass is 168 g/mol. The van der Waals surface area contributed by atoms with Crippen LogP contribution in [0.1, 0.15) is 53.4 Å². The molecular weight excluding hydrogens is 144 g/mol. The molecule has 0 aromatic rings. The topological polar surface area (TPSA) is 0 Å². The average Bonchev–Trinajstić information content (AvgIpc) is 1.80. The van der Waals surface area contributed by atoms with Crippen LogP contribution >= 0.6 is 0 Å². The van der Waals surface area contributed by atoms with Crippen LogP contribution in [0, 0.1) is 23.7 Å². The van der Waals surface area contributed by atoms with Gasteiger partial charge in [0.15, 0.2) is 0 Å². The lowest BCUT2D eigenvalue weighted by molar-refractivity contribution is 0.136. The average molecular weight is 168 g/mol. The molecule has 1 fully saturated rings. The van der Waals surface area contributed by atoms with Crippen LogP contribution in [-0.4, -0.2) is 0 Å². The molecule has 72 valence electrons. The zero-order valence-electron chi connectivity index (χ0n) is 9.14. The zero-order valence-corrected chi connectivity index (χ0v) is 9.14. The van der Waals surface area contributed by atoms with Gasteiger partial charge >= 0.3 is 0 Å². The van der Waals surface area contributed by atoms with Crippen LogP contribution in [0.25, 0.3) is 0 Å². The van der Waals surface area contributed by atoms with Gasteiger partial charge in [-0.05, 0) is 30.1 Å². The minimum absolute atomic E-state index is 0.887. The molecular formula is C12H24. The Morgan fingerprint density at radius 2 is 1.67 bits per heavy atom. The van der Waals surface area contributed by atoms with Crippen molar-refractivity contribution in [1.29, 1.82) is 0 Å². The van der Waals surface area contributed by atoms with E-state index in [-0.39, 0.29) is 0 Å². The molecule has 0 radical (unpaired) electrons. The second-order valence-electron chi connectivity index (χ2n) is 5.23. The summed E-state index contributed by atoms with van der Waals surface area (Å²) >= 11 is 0. The van der Waals surface area contributed by atoms with Crippen LogP contribution in [0.4, 0.5) is 0 Å². The van der Waals surface area contributed by atoms with Gasteiger partial charge in [0.25, 0.3) is 0 Å². The van der Waals surface area contributed by atoms with E-state index in [9.17, 15) is 0 Å². The van der Waals surface area contributed by atoms with Crippen molar-refractivity contribution in [2.45, 2.75) is 53.4 Å². The summed E-state index contributed by atoms with van der Waals surface area (Å²) in [5.41, 5.74) is 0. The summed E-state index contributed by atoms with van der Waals surface area (Å²) < 4.78 is 0. The molecule has 0 nitrogen and oxygen atoms in total. The van der Waals surface area contributed by atoms with Gasteiger partial charge in [-0.1, -0.05) is 47.0 Å². The molecule has 0 heteroatoms. The third-order valence-electron chi connectivity index (χ3n) is 3.36. The summed E-state index contributed by atoms with van der Waals surface area (Å²) in [5.74, 6) is 3.88. The van der Waals surface area contributed by atoms with E-state index in [1.807, 2.05) is 0 Å². The van der Waals surface area contributed by atoms with Crippen molar-refractivity contribution >= 4 is 0 Å². The predicted molar refractivity (Wildman–Crippen MR) is 55.1 cm³/mol. The van der Waals surface area contributed by atoms with Crippen LogP contribution in [-0.2, 0) is 0 Å². The Morgan fingerprint density at radius 1 is 1.08 bits per heavy atom. The lowest BCUT2D eigenvalue weighted by Crippen LogP contribution is -2.27. The van der Waals surface area contributed by atoms with Crippen LogP contribution in [0.2, 0.25) is 0 Å². The highest BCUT2D eigenvalue weighted by atomic mass is 14.3. The number of rotatable bonds is 4. The highest BCUT2D eigenvalue weighted by Gasteiger charge is 2.29. The smallest absolute Gasteiger partial charge is 0.0360 e. The molecule has 1 atom stereocenters. The fourth-order valence-corrected chi connectivity index (χ4v) is 2.42. The standard InChI is InChI=1S/C12H24/c1-9(2)8-12(10(3)4)11-6-5-7-11/h9-12H,5-8H2,1-4H3. The molecule has 0 saturated heterocycles. The highest BCUT2D eigenvalue weighted by molar-refractivity contribution is 4.80. The van der Waals surface area contributed by atoms with Crippen molar-refractivity contribution in [2.75, 3.05) is 0 Å². The molecule has 0 spiro atoms. The Hall–Kier alpha value is 0. The van der Waals surface area contributed by atoms with Crippen molar-refractivity contribution in [3.8, 4) is 0 Å². The molecule has 0 amide bonds. The fraction of sp³-hybridized carbons (Fsp3) is 1.00. The molecule has 1 aliphatic carbocycles. The molecule has 0 aromatic carbocycles. The summed E-state index contributed by atoms with van der Waals surface area (Å²) in [6.07, 6.45) is 5.96. The summed E-state index contributed by atoms with van der Waals surface area (Å²) in [6, 6.07) is 0. The summed E-state index contributed by atoms with van der Waals surface area (Å²) in [7, 11) is 0. The fourth-order valence-electron chi connectivity index (χ4n) is 2.42. The van der Waals surface area contributed by atoms with E-state index >= 15 is 0 Å². The highest BCUT2D eigenvalue weighted by Crippen LogP contribution is 2.40. The van der Waals surface area contributed by atoms with Gasteiger partial charge in [0.05, 0.1) is 0 Å². The van der Waals surface area contributed by atoms with E-state index < -0.39 is 0 Å². The van der Waals surface area contributed by atoms with Crippen LogP contribution < -0.4 is 0 Å². The second-order valence-corrected chi connectivity index (χ2v) is 5.23. The first-order valence-electron chi connectivity index (χ1n) is 5.61. The van der Waals surface area contributed by atoms with Gasteiger partial charge in [-0.15, -0.1) is 0 Å².